The van der Waals surface area contributed by atoms with E-state index in [1.807, 2.05) is 0 Å². The van der Waals surface area contributed by atoms with E-state index >= 15 is 0 Å². The van der Waals surface area contributed by atoms with Crippen molar-refractivity contribution in [1.82, 2.24) is 4.98 Å². The Morgan fingerprint density at radius 2 is 1.95 bits per heavy atom. The molecule has 11 heteroatoms. The van der Waals surface area contributed by atoms with E-state index in [-0.39, 0.29) is 17.9 Å². The van der Waals surface area contributed by atoms with Gasteiger partial charge in [-0.25, -0.2) is 9.19 Å². The van der Waals surface area contributed by atoms with E-state index in [0.717, 1.165) is 18.2 Å². The maximum absolute atomic E-state index is 11.9. The van der Waals surface area contributed by atoms with Crippen LogP contribution < -0.4 is 4.94 Å². The van der Waals surface area contributed by atoms with Crippen molar-refractivity contribution in [2.24, 2.45) is 0 Å². The molecule has 2 heterocycles. The molecule has 3 unspecified atom stereocenters. The maximum atomic E-state index is 11.9. The van der Waals surface area contributed by atoms with Crippen LogP contribution in [-0.2, 0) is 15.9 Å². The fourth-order valence-electron chi connectivity index (χ4n) is 1.59. The van der Waals surface area contributed by atoms with Gasteiger partial charge in [0.1, 0.15) is 5.69 Å². The SMILES string of the molecule is FOc1cccc(C(F)(F)F)n1.N=S1(=O)CCC(O)C(O)C1. The van der Waals surface area contributed by atoms with Gasteiger partial charge in [0.15, 0.2) is 0 Å². The fourth-order valence-corrected chi connectivity index (χ4v) is 3.15. The molecule has 6 nitrogen and oxygen atoms in total. The molecular weight excluding hydrogens is 332 g/mol. The first-order valence-electron chi connectivity index (χ1n) is 5.98. The Morgan fingerprint density at radius 1 is 1.32 bits per heavy atom. The second-order valence-electron chi connectivity index (χ2n) is 4.54. The highest BCUT2D eigenvalue weighted by molar-refractivity contribution is 7.92. The molecule has 2 rings (SSSR count). The second-order valence-corrected chi connectivity index (χ2v) is 6.91. The Morgan fingerprint density at radius 3 is 2.41 bits per heavy atom. The highest BCUT2D eigenvalue weighted by Gasteiger charge is 2.32. The first kappa shape index (κ1) is 18.6. The summed E-state index contributed by atoms with van der Waals surface area (Å²) in [5.74, 6) is -0.566. The van der Waals surface area contributed by atoms with Crippen LogP contribution in [0.5, 0.6) is 5.88 Å². The number of pyridine rings is 1. The summed E-state index contributed by atoms with van der Waals surface area (Å²) in [5, 5.41) is 17.9. The minimum atomic E-state index is -4.57. The molecule has 1 aromatic rings. The standard InChI is InChI=1S/C6H3F4NO.C5H11NO3S/c7-6(8,9)4-2-1-3-5(11-4)12-10;6-10(9)2-1-4(7)5(8)3-10/h1-3H;4-8H,1-3H2. The van der Waals surface area contributed by atoms with Crippen molar-refractivity contribution in [1.29, 1.82) is 4.78 Å². The minimum Gasteiger partial charge on any atom is -0.390 e. The predicted molar refractivity (Wildman–Crippen MR) is 68.2 cm³/mol. The Balaban J connectivity index is 0.000000224. The number of alkyl halides is 3. The van der Waals surface area contributed by atoms with Crippen LogP contribution in [0, 0.1) is 4.78 Å². The number of aliphatic hydroxyl groups excluding tert-OH is 2. The average molecular weight is 346 g/mol. The van der Waals surface area contributed by atoms with Gasteiger partial charge >= 0.3 is 6.18 Å². The molecule has 0 aliphatic carbocycles. The number of rotatable bonds is 1. The molecule has 1 fully saturated rings. The molecule has 3 N–H and O–H groups in total. The third kappa shape index (κ3) is 5.73. The number of nitrogens with one attached hydrogen (secondary N) is 1. The molecule has 0 bridgehead atoms. The molecule has 1 aliphatic rings. The summed E-state index contributed by atoms with van der Waals surface area (Å²) >= 11 is 0. The first-order chi connectivity index (χ1) is 10.0. The van der Waals surface area contributed by atoms with Gasteiger partial charge in [-0.2, -0.15) is 13.2 Å². The van der Waals surface area contributed by atoms with Crippen molar-refractivity contribution < 1.29 is 37.1 Å². The zero-order valence-corrected chi connectivity index (χ0v) is 11.9. The number of halogens is 4. The topological polar surface area (TPSA) is 104 Å². The number of aliphatic hydroxyl groups is 2. The maximum Gasteiger partial charge on any atom is 0.433 e. The van der Waals surface area contributed by atoms with Crippen LogP contribution in [0.4, 0.5) is 17.7 Å². The van der Waals surface area contributed by atoms with E-state index in [0.29, 0.717) is 0 Å². The van der Waals surface area contributed by atoms with Gasteiger partial charge in [0.25, 0.3) is 5.88 Å². The second kappa shape index (κ2) is 7.20. The van der Waals surface area contributed by atoms with E-state index in [1.165, 1.54) is 0 Å². The molecule has 0 saturated carbocycles. The van der Waals surface area contributed by atoms with E-state index in [1.54, 1.807) is 0 Å². The third-order valence-electron chi connectivity index (χ3n) is 2.72. The van der Waals surface area contributed by atoms with Crippen LogP contribution in [0.1, 0.15) is 12.1 Å². The molecule has 1 saturated heterocycles. The monoisotopic (exact) mass is 346 g/mol. The van der Waals surface area contributed by atoms with Crippen LogP contribution in [0.25, 0.3) is 0 Å². The van der Waals surface area contributed by atoms with Gasteiger partial charge in [-0.1, -0.05) is 6.07 Å². The summed E-state index contributed by atoms with van der Waals surface area (Å²) in [6.45, 7) is 0. The summed E-state index contributed by atoms with van der Waals surface area (Å²) in [6.07, 6.45) is -6.03. The number of hydrogen-bond donors (Lipinski definition) is 3. The Labute approximate surface area is 123 Å². The van der Waals surface area contributed by atoms with Gasteiger partial charge in [-0.05, 0) is 12.5 Å². The molecule has 0 spiro atoms. The molecule has 0 aromatic carbocycles. The van der Waals surface area contributed by atoms with Crippen LogP contribution in [-0.4, -0.2) is 43.1 Å². The van der Waals surface area contributed by atoms with Gasteiger partial charge in [0, 0.05) is 26.1 Å². The van der Waals surface area contributed by atoms with Crippen molar-refractivity contribution in [3.05, 3.63) is 23.9 Å². The average Bonchev–Trinajstić information content (AvgIpc) is 2.43. The molecule has 1 aromatic heterocycles. The highest BCUT2D eigenvalue weighted by atomic mass is 32.2. The molecule has 3 atom stereocenters. The molecule has 1 aliphatic heterocycles. The Bertz CT molecular complexity index is 594. The molecule has 22 heavy (non-hydrogen) atoms. The van der Waals surface area contributed by atoms with E-state index in [2.05, 4.69) is 9.93 Å². The van der Waals surface area contributed by atoms with Gasteiger partial charge < -0.3 is 10.2 Å². The molecular formula is C11H14F4N2O4S. The summed E-state index contributed by atoms with van der Waals surface area (Å²) in [4.78, 5) is 5.88. The summed E-state index contributed by atoms with van der Waals surface area (Å²) in [6, 6.07) is 2.71. The third-order valence-corrected chi connectivity index (χ3v) is 4.50. The zero-order chi connectivity index (χ0) is 17.0. The zero-order valence-electron chi connectivity index (χ0n) is 11.1. The van der Waals surface area contributed by atoms with Crippen molar-refractivity contribution in [3.63, 3.8) is 0 Å². The normalized spacial score (nSPS) is 28.5. The van der Waals surface area contributed by atoms with Crippen LogP contribution in [0.2, 0.25) is 0 Å². The summed E-state index contributed by atoms with van der Waals surface area (Å²) in [5.41, 5.74) is -1.18. The highest BCUT2D eigenvalue weighted by Crippen LogP contribution is 2.28. The fraction of sp³-hybridized carbons (Fsp3) is 0.545. The lowest BCUT2D eigenvalue weighted by Gasteiger charge is -2.24. The van der Waals surface area contributed by atoms with E-state index < -0.39 is 39.7 Å². The molecule has 0 amide bonds. The van der Waals surface area contributed by atoms with Gasteiger partial charge in [-0.15, -0.1) is 0 Å². The molecule has 0 radical (unpaired) electrons. The lowest BCUT2D eigenvalue weighted by Crippen LogP contribution is -2.39. The van der Waals surface area contributed by atoms with Crippen LogP contribution in [0.3, 0.4) is 0 Å². The van der Waals surface area contributed by atoms with Crippen molar-refractivity contribution in [2.45, 2.75) is 24.8 Å². The van der Waals surface area contributed by atoms with Crippen LogP contribution >= 0.6 is 0 Å². The smallest absolute Gasteiger partial charge is 0.390 e. The summed E-state index contributed by atoms with van der Waals surface area (Å²) < 4.78 is 65.0. The Hall–Kier alpha value is -1.46. The lowest BCUT2D eigenvalue weighted by molar-refractivity contribution is -0.142. The minimum absolute atomic E-state index is 0.0752. The van der Waals surface area contributed by atoms with Gasteiger partial charge in [0.2, 0.25) is 0 Å². The van der Waals surface area contributed by atoms with Crippen molar-refractivity contribution in [2.75, 3.05) is 11.5 Å². The number of aromatic nitrogens is 1. The molecule has 126 valence electrons. The number of nitrogens with zero attached hydrogens (tertiary/aromatic N) is 1. The largest absolute Gasteiger partial charge is 0.433 e. The quantitative estimate of drug-likeness (QED) is 0.669. The van der Waals surface area contributed by atoms with Gasteiger partial charge in [0.05, 0.1) is 18.0 Å². The summed E-state index contributed by atoms with van der Waals surface area (Å²) in [7, 11) is -2.57. The van der Waals surface area contributed by atoms with E-state index in [4.69, 9.17) is 15.0 Å². The van der Waals surface area contributed by atoms with Crippen molar-refractivity contribution in [3.8, 4) is 5.88 Å². The predicted octanol–water partition coefficient (Wildman–Crippen LogP) is 1.52. The lowest BCUT2D eigenvalue weighted by atomic mass is 10.2. The Kier molecular flexibility index (Phi) is 6.08. The number of hydrogen-bond acceptors (Lipinski definition) is 6. The van der Waals surface area contributed by atoms with Crippen molar-refractivity contribution >= 4 is 9.73 Å². The van der Waals surface area contributed by atoms with E-state index in [9.17, 15) is 21.9 Å². The first-order valence-corrected chi connectivity index (χ1v) is 7.88. The van der Waals surface area contributed by atoms with Gasteiger partial charge in [-0.3, -0.25) is 9.72 Å². The van der Waals surface area contributed by atoms with Crippen LogP contribution in [0.15, 0.2) is 18.2 Å².